The summed E-state index contributed by atoms with van der Waals surface area (Å²) in [6, 6.07) is 13.5. The predicted octanol–water partition coefficient (Wildman–Crippen LogP) is 4.89. The van der Waals surface area contributed by atoms with E-state index in [1.165, 1.54) is 11.8 Å². The molecule has 1 heterocycles. The zero-order valence-electron chi connectivity index (χ0n) is 17.2. The number of carbonyl (C=O) groups is 1. The summed E-state index contributed by atoms with van der Waals surface area (Å²) in [6.45, 7) is 6.26. The summed E-state index contributed by atoms with van der Waals surface area (Å²) in [5, 5.41) is 12.9. The third-order valence-electron chi connectivity index (χ3n) is 4.52. The Morgan fingerprint density at radius 1 is 1.27 bits per heavy atom. The molecule has 0 bridgehead atoms. The van der Waals surface area contributed by atoms with Crippen molar-refractivity contribution in [3.05, 3.63) is 65.7 Å². The summed E-state index contributed by atoms with van der Waals surface area (Å²) in [4.78, 5) is 14.5. The van der Waals surface area contributed by atoms with Gasteiger partial charge < -0.3 is 10.2 Å². The molecular formula is C22H24ClN5OS. The van der Waals surface area contributed by atoms with Gasteiger partial charge in [-0.2, -0.15) is 0 Å². The highest BCUT2D eigenvalue weighted by Crippen LogP contribution is 2.27. The van der Waals surface area contributed by atoms with Crippen molar-refractivity contribution in [1.82, 2.24) is 14.8 Å². The normalized spacial score (nSPS) is 10.7. The van der Waals surface area contributed by atoms with Crippen LogP contribution in [0.5, 0.6) is 0 Å². The Morgan fingerprint density at radius 3 is 2.77 bits per heavy atom. The quantitative estimate of drug-likeness (QED) is 0.398. The number of anilines is 2. The van der Waals surface area contributed by atoms with Crippen LogP contribution in [0.4, 0.5) is 11.4 Å². The molecule has 8 heteroatoms. The summed E-state index contributed by atoms with van der Waals surface area (Å²) >= 11 is 7.46. The lowest BCUT2D eigenvalue weighted by Crippen LogP contribution is -2.15. The molecule has 6 nitrogen and oxygen atoms in total. The van der Waals surface area contributed by atoms with E-state index in [4.69, 9.17) is 11.6 Å². The molecule has 2 aromatic carbocycles. The van der Waals surface area contributed by atoms with Crippen molar-refractivity contribution in [2.75, 3.05) is 30.1 Å². The van der Waals surface area contributed by atoms with Gasteiger partial charge in [-0.25, -0.2) is 0 Å². The van der Waals surface area contributed by atoms with Crippen LogP contribution in [-0.2, 0) is 11.3 Å². The Kier molecular flexibility index (Phi) is 7.18. The molecule has 0 atom stereocenters. The first-order valence-electron chi connectivity index (χ1n) is 9.40. The van der Waals surface area contributed by atoms with Crippen molar-refractivity contribution in [2.45, 2.75) is 18.6 Å². The Morgan fingerprint density at radius 2 is 2.03 bits per heavy atom. The van der Waals surface area contributed by atoms with Gasteiger partial charge in [0.05, 0.1) is 5.75 Å². The molecule has 1 N–H and O–H groups in total. The number of hydrogen-bond acceptors (Lipinski definition) is 5. The Labute approximate surface area is 186 Å². The highest BCUT2D eigenvalue weighted by atomic mass is 35.5. The predicted molar refractivity (Wildman–Crippen MR) is 126 cm³/mol. The van der Waals surface area contributed by atoms with Crippen LogP contribution in [0.1, 0.15) is 5.56 Å². The van der Waals surface area contributed by atoms with Crippen LogP contribution in [-0.4, -0.2) is 40.5 Å². The molecule has 0 saturated heterocycles. The summed E-state index contributed by atoms with van der Waals surface area (Å²) in [5.74, 6) is 0.820. The molecule has 0 radical (unpaired) electrons. The van der Waals surface area contributed by atoms with E-state index >= 15 is 0 Å². The van der Waals surface area contributed by atoms with Gasteiger partial charge in [0.15, 0.2) is 11.0 Å². The van der Waals surface area contributed by atoms with E-state index < -0.39 is 0 Å². The molecular weight excluding hydrogens is 418 g/mol. The highest BCUT2D eigenvalue weighted by molar-refractivity contribution is 7.99. The van der Waals surface area contributed by atoms with Gasteiger partial charge in [-0.05, 0) is 36.8 Å². The second kappa shape index (κ2) is 9.82. The van der Waals surface area contributed by atoms with Gasteiger partial charge in [-0.15, -0.1) is 16.8 Å². The maximum atomic E-state index is 12.5. The summed E-state index contributed by atoms with van der Waals surface area (Å²) < 4.78 is 1.96. The second-order valence-electron chi connectivity index (χ2n) is 6.90. The number of nitrogens with one attached hydrogen (secondary N) is 1. The topological polar surface area (TPSA) is 63.1 Å². The van der Waals surface area contributed by atoms with Gasteiger partial charge in [-0.3, -0.25) is 9.36 Å². The largest absolute Gasteiger partial charge is 0.378 e. The smallest absolute Gasteiger partial charge is 0.234 e. The molecule has 0 unspecified atom stereocenters. The average molecular weight is 442 g/mol. The van der Waals surface area contributed by atoms with Crippen molar-refractivity contribution in [3.8, 4) is 11.4 Å². The maximum absolute atomic E-state index is 12.5. The number of carbonyl (C=O) groups excluding carboxylic acids is 1. The van der Waals surface area contributed by atoms with E-state index in [0.29, 0.717) is 22.4 Å². The Balaban J connectivity index is 1.77. The molecule has 0 aliphatic rings. The first-order valence-corrected chi connectivity index (χ1v) is 10.8. The number of aromatic nitrogens is 3. The third kappa shape index (κ3) is 5.04. The van der Waals surface area contributed by atoms with Crippen molar-refractivity contribution in [1.29, 1.82) is 0 Å². The average Bonchev–Trinajstić information content (AvgIpc) is 3.13. The summed E-state index contributed by atoms with van der Waals surface area (Å²) in [5.41, 5.74) is 3.59. The molecule has 0 aliphatic heterocycles. The van der Waals surface area contributed by atoms with E-state index in [-0.39, 0.29) is 11.7 Å². The zero-order chi connectivity index (χ0) is 21.7. The van der Waals surface area contributed by atoms with E-state index in [1.54, 1.807) is 12.1 Å². The minimum absolute atomic E-state index is 0.130. The number of allylic oxidation sites excluding steroid dienone is 1. The Bertz CT molecular complexity index is 1060. The van der Waals surface area contributed by atoms with Gasteiger partial charge in [0.2, 0.25) is 5.91 Å². The minimum Gasteiger partial charge on any atom is -0.378 e. The van der Waals surface area contributed by atoms with Gasteiger partial charge in [0.1, 0.15) is 0 Å². The lowest BCUT2D eigenvalue weighted by molar-refractivity contribution is -0.113. The fourth-order valence-electron chi connectivity index (χ4n) is 2.89. The number of halogens is 1. The highest BCUT2D eigenvalue weighted by Gasteiger charge is 2.16. The number of thioether (sulfide) groups is 1. The first-order chi connectivity index (χ1) is 14.4. The summed E-state index contributed by atoms with van der Waals surface area (Å²) in [6.07, 6.45) is 1.79. The van der Waals surface area contributed by atoms with Crippen LogP contribution in [0.15, 0.2) is 60.3 Å². The molecule has 1 aromatic heterocycles. The van der Waals surface area contributed by atoms with Gasteiger partial charge >= 0.3 is 0 Å². The fraction of sp³-hybridized carbons (Fsp3) is 0.227. The SMILES string of the molecule is C=CCn1c(SCC(=O)Nc2cccc(Cl)c2C)nnc1-c1cccc(N(C)C)c1. The molecule has 3 aromatic rings. The van der Waals surface area contributed by atoms with Gasteiger partial charge in [0.25, 0.3) is 0 Å². The van der Waals surface area contributed by atoms with Crippen LogP contribution >= 0.6 is 23.4 Å². The first kappa shape index (κ1) is 21.9. The number of amides is 1. The standard InChI is InChI=1S/C22H24ClN5OS/c1-5-12-28-21(16-8-6-9-17(13-16)27(3)4)25-26-22(28)30-14-20(29)24-19-11-7-10-18(23)15(19)2/h5-11,13H,1,12,14H2,2-4H3,(H,24,29). The van der Waals surface area contributed by atoms with Crippen LogP contribution in [0.3, 0.4) is 0 Å². The van der Waals surface area contributed by atoms with Gasteiger partial charge in [0, 0.05) is 42.6 Å². The minimum atomic E-state index is -0.130. The molecule has 0 fully saturated rings. The molecule has 3 rings (SSSR count). The van der Waals surface area contributed by atoms with E-state index in [0.717, 1.165) is 22.6 Å². The molecule has 30 heavy (non-hydrogen) atoms. The lowest BCUT2D eigenvalue weighted by Gasteiger charge is -2.14. The number of rotatable bonds is 8. The number of hydrogen-bond donors (Lipinski definition) is 1. The number of nitrogens with zero attached hydrogens (tertiary/aromatic N) is 4. The molecule has 0 spiro atoms. The van der Waals surface area contributed by atoms with E-state index in [9.17, 15) is 4.79 Å². The monoisotopic (exact) mass is 441 g/mol. The van der Waals surface area contributed by atoms with Crippen LogP contribution in [0.25, 0.3) is 11.4 Å². The van der Waals surface area contributed by atoms with Crippen LogP contribution in [0.2, 0.25) is 5.02 Å². The number of benzene rings is 2. The lowest BCUT2D eigenvalue weighted by atomic mass is 10.2. The van der Waals surface area contributed by atoms with Crippen molar-refractivity contribution >= 4 is 40.6 Å². The molecule has 156 valence electrons. The molecule has 1 amide bonds. The second-order valence-corrected chi connectivity index (χ2v) is 8.25. The summed E-state index contributed by atoms with van der Waals surface area (Å²) in [7, 11) is 3.99. The zero-order valence-corrected chi connectivity index (χ0v) is 18.8. The van der Waals surface area contributed by atoms with Crippen molar-refractivity contribution in [3.63, 3.8) is 0 Å². The van der Waals surface area contributed by atoms with E-state index in [1.807, 2.05) is 60.8 Å². The van der Waals surface area contributed by atoms with E-state index in [2.05, 4.69) is 28.2 Å². The third-order valence-corrected chi connectivity index (χ3v) is 5.90. The van der Waals surface area contributed by atoms with Crippen LogP contribution < -0.4 is 10.2 Å². The fourth-order valence-corrected chi connectivity index (χ4v) is 3.81. The van der Waals surface area contributed by atoms with Crippen LogP contribution in [0, 0.1) is 6.92 Å². The molecule has 0 aliphatic carbocycles. The van der Waals surface area contributed by atoms with Crippen molar-refractivity contribution in [2.24, 2.45) is 0 Å². The van der Waals surface area contributed by atoms with Gasteiger partial charge in [-0.1, -0.05) is 47.6 Å². The van der Waals surface area contributed by atoms with Crippen molar-refractivity contribution < 1.29 is 4.79 Å². The Hall–Kier alpha value is -2.77. The molecule has 0 saturated carbocycles. The maximum Gasteiger partial charge on any atom is 0.234 e.